The van der Waals surface area contributed by atoms with Gasteiger partial charge < -0.3 is 10.2 Å². The van der Waals surface area contributed by atoms with E-state index in [9.17, 15) is 13.9 Å². The molecule has 0 fully saturated rings. The van der Waals surface area contributed by atoms with Crippen molar-refractivity contribution in [3.8, 4) is 39.8 Å². The summed E-state index contributed by atoms with van der Waals surface area (Å²) in [6, 6.07) is 15.6. The molecular formula is C21H14F2O2. The third-order valence-corrected chi connectivity index (χ3v) is 3.77. The van der Waals surface area contributed by atoms with E-state index in [2.05, 4.69) is 11.8 Å². The van der Waals surface area contributed by atoms with Crippen molar-refractivity contribution in [2.75, 3.05) is 6.61 Å². The molecule has 0 aliphatic rings. The maximum Gasteiger partial charge on any atom is 0.167 e. The molecule has 0 atom stereocenters. The number of aliphatic hydroxyl groups excluding tert-OH is 1. The Kier molecular flexibility index (Phi) is 4.78. The van der Waals surface area contributed by atoms with Crippen LogP contribution < -0.4 is 0 Å². The first kappa shape index (κ1) is 16.7. The predicted octanol–water partition coefficient (Wildman–Crippen LogP) is 4.35. The van der Waals surface area contributed by atoms with E-state index in [0.717, 1.165) is 0 Å². The van der Waals surface area contributed by atoms with E-state index in [1.54, 1.807) is 24.3 Å². The van der Waals surface area contributed by atoms with Crippen LogP contribution in [0.4, 0.5) is 8.78 Å². The van der Waals surface area contributed by atoms with Gasteiger partial charge in [0.1, 0.15) is 12.4 Å². The zero-order valence-corrected chi connectivity index (χ0v) is 13.1. The average Bonchev–Trinajstić information content (AvgIpc) is 2.64. The van der Waals surface area contributed by atoms with Crippen LogP contribution in [0.3, 0.4) is 0 Å². The van der Waals surface area contributed by atoms with Gasteiger partial charge in [0.25, 0.3) is 0 Å². The van der Waals surface area contributed by atoms with E-state index in [1.165, 1.54) is 36.4 Å². The fourth-order valence-corrected chi connectivity index (χ4v) is 2.51. The minimum Gasteiger partial charge on any atom is -0.508 e. The highest BCUT2D eigenvalue weighted by Gasteiger charge is 2.15. The van der Waals surface area contributed by atoms with Crippen molar-refractivity contribution in [3.05, 3.63) is 77.9 Å². The molecule has 4 heteroatoms. The van der Waals surface area contributed by atoms with Crippen LogP contribution in [-0.2, 0) is 0 Å². The van der Waals surface area contributed by atoms with Crippen LogP contribution in [0, 0.1) is 23.5 Å². The second-order valence-corrected chi connectivity index (χ2v) is 5.37. The predicted molar refractivity (Wildman–Crippen MR) is 92.9 cm³/mol. The zero-order valence-electron chi connectivity index (χ0n) is 13.1. The Morgan fingerprint density at radius 3 is 1.68 bits per heavy atom. The molecule has 124 valence electrons. The number of phenols is 1. The van der Waals surface area contributed by atoms with Crippen molar-refractivity contribution in [2.45, 2.75) is 0 Å². The monoisotopic (exact) mass is 336 g/mol. The molecule has 0 spiro atoms. The number of halogens is 2. The van der Waals surface area contributed by atoms with Crippen LogP contribution in [0.5, 0.6) is 5.75 Å². The minimum absolute atomic E-state index is 0.0608. The topological polar surface area (TPSA) is 40.5 Å². The summed E-state index contributed by atoms with van der Waals surface area (Å²) in [5.74, 6) is 3.47. The Labute approximate surface area is 144 Å². The number of aliphatic hydroxyl groups is 1. The minimum atomic E-state index is -0.938. The van der Waals surface area contributed by atoms with Crippen molar-refractivity contribution in [1.29, 1.82) is 0 Å². The molecule has 3 aromatic rings. The first-order chi connectivity index (χ1) is 12.1. The molecule has 0 aliphatic heterocycles. The summed E-state index contributed by atoms with van der Waals surface area (Å²) >= 11 is 0. The third kappa shape index (κ3) is 3.52. The first-order valence-electron chi connectivity index (χ1n) is 7.57. The van der Waals surface area contributed by atoms with Gasteiger partial charge in [-0.05, 0) is 35.4 Å². The normalized spacial score (nSPS) is 10.2. The van der Waals surface area contributed by atoms with E-state index >= 15 is 0 Å². The Bertz CT molecular complexity index is 950. The number of hydrogen-bond donors (Lipinski definition) is 2. The maximum absolute atomic E-state index is 14.5. The number of phenolic OH excluding ortho intramolecular Hbond substituents is 1. The average molecular weight is 336 g/mol. The lowest BCUT2D eigenvalue weighted by atomic mass is 9.98. The van der Waals surface area contributed by atoms with E-state index in [0.29, 0.717) is 16.7 Å². The molecule has 2 N–H and O–H groups in total. The lowest BCUT2D eigenvalue weighted by Crippen LogP contribution is -1.94. The second kappa shape index (κ2) is 7.16. The number of rotatable bonds is 2. The van der Waals surface area contributed by atoms with Gasteiger partial charge in [0.2, 0.25) is 0 Å². The van der Waals surface area contributed by atoms with E-state index in [1.807, 2.05) is 0 Å². The quantitative estimate of drug-likeness (QED) is 0.683. The Balaban J connectivity index is 1.99. The first-order valence-corrected chi connectivity index (χ1v) is 7.57. The van der Waals surface area contributed by atoms with E-state index in [4.69, 9.17) is 5.11 Å². The fourth-order valence-electron chi connectivity index (χ4n) is 2.51. The van der Waals surface area contributed by atoms with Crippen LogP contribution in [0.2, 0.25) is 0 Å². The van der Waals surface area contributed by atoms with Gasteiger partial charge in [0, 0.05) is 16.7 Å². The number of benzene rings is 3. The summed E-state index contributed by atoms with van der Waals surface area (Å²) < 4.78 is 29.0. The van der Waals surface area contributed by atoms with E-state index < -0.39 is 11.6 Å². The van der Waals surface area contributed by atoms with Gasteiger partial charge in [-0.3, -0.25) is 0 Å². The molecular weight excluding hydrogens is 322 g/mol. The second-order valence-electron chi connectivity index (χ2n) is 5.37. The summed E-state index contributed by atoms with van der Waals surface area (Å²) in [5.41, 5.74) is 1.98. The molecule has 0 radical (unpaired) electrons. The molecule has 0 aromatic heterocycles. The molecule has 3 aromatic carbocycles. The maximum atomic E-state index is 14.5. The van der Waals surface area contributed by atoms with Crippen LogP contribution in [0.1, 0.15) is 5.56 Å². The lowest BCUT2D eigenvalue weighted by Gasteiger charge is -2.09. The molecule has 25 heavy (non-hydrogen) atoms. The highest BCUT2D eigenvalue weighted by atomic mass is 19.2. The van der Waals surface area contributed by atoms with Crippen LogP contribution in [0.25, 0.3) is 22.3 Å². The van der Waals surface area contributed by atoms with Crippen LogP contribution in [0.15, 0.2) is 60.7 Å². The number of hydrogen-bond acceptors (Lipinski definition) is 2. The molecule has 2 nitrogen and oxygen atoms in total. The largest absolute Gasteiger partial charge is 0.508 e. The molecule has 0 bridgehead atoms. The van der Waals surface area contributed by atoms with Crippen molar-refractivity contribution in [1.82, 2.24) is 0 Å². The van der Waals surface area contributed by atoms with Gasteiger partial charge in [0.05, 0.1) is 0 Å². The van der Waals surface area contributed by atoms with Crippen LogP contribution in [-0.4, -0.2) is 16.8 Å². The molecule has 0 amide bonds. The number of aromatic hydroxyl groups is 1. The summed E-state index contributed by atoms with van der Waals surface area (Å²) in [7, 11) is 0. The van der Waals surface area contributed by atoms with E-state index in [-0.39, 0.29) is 23.5 Å². The lowest BCUT2D eigenvalue weighted by molar-refractivity contribution is 0.350. The van der Waals surface area contributed by atoms with Crippen molar-refractivity contribution in [3.63, 3.8) is 0 Å². The smallest absolute Gasteiger partial charge is 0.167 e. The van der Waals surface area contributed by atoms with Crippen molar-refractivity contribution in [2.24, 2.45) is 0 Å². The standard InChI is InChI=1S/C21H14F2O2/c22-20-18(15-5-3-14(4-6-15)2-1-13-24)11-12-19(21(20)23)16-7-9-17(25)10-8-16/h3-12,24-25H,13H2. The summed E-state index contributed by atoms with van der Waals surface area (Å²) in [6.07, 6.45) is 0. The molecule has 0 saturated heterocycles. The SMILES string of the molecule is OCC#Cc1ccc(-c2ccc(-c3ccc(O)cc3)c(F)c2F)cc1. The van der Waals surface area contributed by atoms with Crippen molar-refractivity contribution < 1.29 is 19.0 Å². The zero-order chi connectivity index (χ0) is 17.8. The van der Waals surface area contributed by atoms with Gasteiger partial charge >= 0.3 is 0 Å². The summed E-state index contributed by atoms with van der Waals surface area (Å²) in [6.45, 7) is -0.236. The summed E-state index contributed by atoms with van der Waals surface area (Å²) in [4.78, 5) is 0. The van der Waals surface area contributed by atoms with Gasteiger partial charge in [-0.15, -0.1) is 0 Å². The van der Waals surface area contributed by atoms with Gasteiger partial charge in [-0.2, -0.15) is 0 Å². The third-order valence-electron chi connectivity index (χ3n) is 3.77. The molecule has 0 heterocycles. The molecule has 0 aliphatic carbocycles. The molecule has 3 rings (SSSR count). The van der Waals surface area contributed by atoms with Gasteiger partial charge in [-0.1, -0.05) is 48.2 Å². The highest BCUT2D eigenvalue weighted by molar-refractivity contribution is 5.72. The Morgan fingerprint density at radius 1 is 0.720 bits per heavy atom. The molecule has 0 saturated carbocycles. The summed E-state index contributed by atoms with van der Waals surface area (Å²) in [5, 5.41) is 18.0. The van der Waals surface area contributed by atoms with Gasteiger partial charge in [0.15, 0.2) is 11.6 Å². The Morgan fingerprint density at radius 2 is 1.20 bits per heavy atom. The van der Waals surface area contributed by atoms with Crippen LogP contribution >= 0.6 is 0 Å². The van der Waals surface area contributed by atoms with Crippen molar-refractivity contribution >= 4 is 0 Å². The van der Waals surface area contributed by atoms with Gasteiger partial charge in [-0.25, -0.2) is 8.78 Å². The Hall–Kier alpha value is -3.16. The highest BCUT2D eigenvalue weighted by Crippen LogP contribution is 2.32. The fraction of sp³-hybridized carbons (Fsp3) is 0.0476. The molecule has 0 unspecified atom stereocenters.